The average molecular weight is 606 g/mol. The molecular formula is C25H22BrFN4O4S2. The highest BCUT2D eigenvalue weighted by atomic mass is 79.9. The van der Waals surface area contributed by atoms with Gasteiger partial charge in [0, 0.05) is 26.0 Å². The molecule has 0 aliphatic carbocycles. The smallest absolute Gasteiger partial charge is 0.184 e. The van der Waals surface area contributed by atoms with Crippen molar-refractivity contribution in [3.63, 3.8) is 0 Å². The minimum Gasteiger partial charge on any atom is -0.387 e. The van der Waals surface area contributed by atoms with E-state index >= 15 is 0 Å². The highest BCUT2D eigenvalue weighted by Gasteiger charge is 2.51. The van der Waals surface area contributed by atoms with Crippen LogP contribution >= 0.6 is 39.0 Å². The number of benzene rings is 2. The first-order valence-electron chi connectivity index (χ1n) is 11.6. The molecule has 1 N–H and O–H groups in total. The van der Waals surface area contributed by atoms with E-state index < -0.39 is 41.9 Å². The van der Waals surface area contributed by atoms with Crippen LogP contribution in [0.3, 0.4) is 0 Å². The summed E-state index contributed by atoms with van der Waals surface area (Å²) < 4.78 is 35.5. The van der Waals surface area contributed by atoms with E-state index in [1.807, 2.05) is 42.6 Å². The highest BCUT2D eigenvalue weighted by molar-refractivity contribution is 9.10. The van der Waals surface area contributed by atoms with Crippen LogP contribution in [0, 0.1) is 12.7 Å². The molecule has 0 amide bonds. The van der Waals surface area contributed by atoms with Crippen molar-refractivity contribution in [3.8, 4) is 10.7 Å². The van der Waals surface area contributed by atoms with Crippen molar-refractivity contribution < 1.29 is 23.7 Å². The molecule has 4 heterocycles. The van der Waals surface area contributed by atoms with Gasteiger partial charge in [-0.05, 0) is 25.1 Å². The summed E-state index contributed by atoms with van der Waals surface area (Å²) in [5.41, 5.74) is 1.55. The molecule has 8 nitrogen and oxygen atoms in total. The number of aryl methyl sites for hydroxylation is 1. The van der Waals surface area contributed by atoms with Gasteiger partial charge in [0.25, 0.3) is 0 Å². The van der Waals surface area contributed by atoms with Crippen molar-refractivity contribution in [2.24, 2.45) is 0 Å². The van der Waals surface area contributed by atoms with Crippen molar-refractivity contribution in [2.75, 3.05) is 6.61 Å². The van der Waals surface area contributed by atoms with Gasteiger partial charge < -0.3 is 19.3 Å². The summed E-state index contributed by atoms with van der Waals surface area (Å²) >= 11 is 5.97. The Morgan fingerprint density at radius 3 is 2.81 bits per heavy atom. The van der Waals surface area contributed by atoms with Crippen LogP contribution in [0.4, 0.5) is 4.39 Å². The number of aliphatic hydroxyl groups is 1. The Morgan fingerprint density at radius 2 is 2.03 bits per heavy atom. The molecule has 0 saturated carbocycles. The van der Waals surface area contributed by atoms with Gasteiger partial charge in [0.05, 0.1) is 12.8 Å². The second-order valence-corrected chi connectivity index (χ2v) is 11.7. The van der Waals surface area contributed by atoms with E-state index in [4.69, 9.17) is 14.2 Å². The Bertz CT molecular complexity index is 1390. The molecule has 2 aliphatic heterocycles. The Kier molecular flexibility index (Phi) is 7.14. The summed E-state index contributed by atoms with van der Waals surface area (Å²) in [6.07, 6.45) is -1.07. The fourth-order valence-electron chi connectivity index (χ4n) is 4.45. The standard InChI is InChI=1S/C25H22BrFN4O4S2/c1-13-12-36-23(28-13)17-10-31(30-29-17)20-21(32)25(37-19-9-15(26)7-8-16(19)27)34-18-11-33-24(35-22(18)20)14-5-3-2-4-6-14/h2-10,12,18,20-22,24-25,32H,11H2,1H3/t18?,20-,21?,22+,24?,25-/m1/s1. The molecule has 2 aromatic heterocycles. The van der Waals surface area contributed by atoms with E-state index in [1.54, 1.807) is 23.0 Å². The zero-order valence-corrected chi connectivity index (χ0v) is 22.7. The minimum atomic E-state index is -1.09. The molecule has 2 saturated heterocycles. The molecule has 3 unspecified atom stereocenters. The van der Waals surface area contributed by atoms with Gasteiger partial charge in [-0.2, -0.15) is 0 Å². The van der Waals surface area contributed by atoms with Gasteiger partial charge in [0.15, 0.2) is 6.29 Å². The Hall–Kier alpha value is -2.19. The summed E-state index contributed by atoms with van der Waals surface area (Å²) in [5.74, 6) is -0.398. The van der Waals surface area contributed by atoms with Crippen molar-refractivity contribution in [2.45, 2.75) is 47.9 Å². The molecule has 0 radical (unpaired) electrons. The quantitative estimate of drug-likeness (QED) is 0.335. The molecule has 192 valence electrons. The van der Waals surface area contributed by atoms with Crippen LogP contribution in [0.2, 0.25) is 0 Å². The number of ether oxygens (including phenoxy) is 3. The number of halogens is 2. The molecule has 4 aromatic rings. The Morgan fingerprint density at radius 1 is 1.19 bits per heavy atom. The fraction of sp³-hybridized carbons (Fsp3) is 0.320. The third-order valence-corrected chi connectivity index (χ3v) is 8.86. The van der Waals surface area contributed by atoms with Gasteiger partial charge in [-0.25, -0.2) is 14.1 Å². The predicted molar refractivity (Wildman–Crippen MR) is 140 cm³/mol. The molecule has 37 heavy (non-hydrogen) atoms. The molecule has 2 aliphatic rings. The summed E-state index contributed by atoms with van der Waals surface area (Å²) in [7, 11) is 0. The van der Waals surface area contributed by atoms with Crippen LogP contribution in [0.25, 0.3) is 10.7 Å². The molecule has 2 fully saturated rings. The first kappa shape index (κ1) is 25.1. The second-order valence-electron chi connectivity index (χ2n) is 8.77. The summed E-state index contributed by atoms with van der Waals surface area (Å²) in [6, 6.07) is 13.6. The number of thiazole rings is 1. The van der Waals surface area contributed by atoms with Gasteiger partial charge in [-0.3, -0.25) is 0 Å². The molecule has 12 heteroatoms. The zero-order valence-electron chi connectivity index (χ0n) is 19.5. The third-order valence-electron chi connectivity index (χ3n) is 6.20. The lowest BCUT2D eigenvalue weighted by Gasteiger charge is -2.47. The number of nitrogens with zero attached hydrogens (tertiary/aromatic N) is 4. The molecule has 0 bridgehead atoms. The molecule has 6 atom stereocenters. The Labute approximate surface area is 228 Å². The van der Waals surface area contributed by atoms with E-state index in [-0.39, 0.29) is 6.61 Å². The molecule has 2 aromatic carbocycles. The number of aromatic nitrogens is 4. The third kappa shape index (κ3) is 5.11. The van der Waals surface area contributed by atoms with Gasteiger partial charge in [-0.15, -0.1) is 16.4 Å². The van der Waals surface area contributed by atoms with Crippen LogP contribution in [-0.2, 0) is 14.2 Å². The van der Waals surface area contributed by atoms with Gasteiger partial charge in [-0.1, -0.05) is 63.2 Å². The van der Waals surface area contributed by atoms with Crippen LogP contribution in [0.15, 0.2) is 69.5 Å². The highest BCUT2D eigenvalue weighted by Crippen LogP contribution is 2.44. The predicted octanol–water partition coefficient (Wildman–Crippen LogP) is 5.15. The maximum atomic E-state index is 14.6. The lowest BCUT2D eigenvalue weighted by atomic mass is 9.96. The Balaban J connectivity index is 1.34. The summed E-state index contributed by atoms with van der Waals surface area (Å²) in [5, 5.41) is 22.9. The van der Waals surface area contributed by atoms with Crippen LogP contribution in [0.1, 0.15) is 23.6 Å². The van der Waals surface area contributed by atoms with E-state index in [0.29, 0.717) is 10.6 Å². The molecular weight excluding hydrogens is 583 g/mol. The van der Waals surface area contributed by atoms with Gasteiger partial charge in [0.2, 0.25) is 0 Å². The monoisotopic (exact) mass is 604 g/mol. The first-order valence-corrected chi connectivity index (χ1v) is 14.1. The lowest BCUT2D eigenvalue weighted by molar-refractivity contribution is -0.306. The SMILES string of the molecule is Cc1csc(-c2cn([C@@H]3C(O)[C@@H](Sc4cc(Br)ccc4F)OC4COC(c5ccccc5)O[C@@H]43)nn2)n1. The number of hydrogen-bond acceptors (Lipinski definition) is 9. The van der Waals surface area contributed by atoms with Crippen molar-refractivity contribution in [1.29, 1.82) is 0 Å². The van der Waals surface area contributed by atoms with Crippen molar-refractivity contribution in [3.05, 3.63) is 81.7 Å². The van der Waals surface area contributed by atoms with E-state index in [1.165, 1.54) is 17.4 Å². The summed E-state index contributed by atoms with van der Waals surface area (Å²) in [6.45, 7) is 2.15. The van der Waals surface area contributed by atoms with Gasteiger partial charge >= 0.3 is 0 Å². The van der Waals surface area contributed by atoms with Crippen molar-refractivity contribution >= 4 is 39.0 Å². The van der Waals surface area contributed by atoms with E-state index in [2.05, 4.69) is 31.2 Å². The first-order chi connectivity index (χ1) is 18.0. The lowest BCUT2D eigenvalue weighted by Crippen LogP contribution is -2.58. The largest absolute Gasteiger partial charge is 0.387 e. The van der Waals surface area contributed by atoms with Crippen LogP contribution in [-0.4, -0.2) is 55.4 Å². The zero-order chi connectivity index (χ0) is 25.5. The second kappa shape index (κ2) is 10.5. The van der Waals surface area contributed by atoms with Crippen LogP contribution in [0.5, 0.6) is 0 Å². The van der Waals surface area contributed by atoms with E-state index in [9.17, 15) is 9.50 Å². The fourth-order valence-corrected chi connectivity index (χ4v) is 6.83. The number of aliphatic hydroxyl groups excluding tert-OH is 1. The maximum Gasteiger partial charge on any atom is 0.184 e. The van der Waals surface area contributed by atoms with Crippen LogP contribution < -0.4 is 0 Å². The molecule has 0 spiro atoms. The van der Waals surface area contributed by atoms with E-state index in [0.717, 1.165) is 32.5 Å². The topological polar surface area (TPSA) is 91.5 Å². The normalized spacial score (nSPS) is 27.7. The summed E-state index contributed by atoms with van der Waals surface area (Å²) in [4.78, 5) is 4.85. The minimum absolute atomic E-state index is 0.235. The number of fused-ring (bicyclic) bond motifs is 1. The number of thioether (sulfide) groups is 1. The van der Waals surface area contributed by atoms with Gasteiger partial charge in [0.1, 0.15) is 46.3 Å². The number of hydrogen-bond donors (Lipinski definition) is 1. The number of rotatable bonds is 5. The van der Waals surface area contributed by atoms with Crippen molar-refractivity contribution in [1.82, 2.24) is 20.0 Å². The average Bonchev–Trinajstić information content (AvgIpc) is 3.56. The molecule has 6 rings (SSSR count). The maximum absolute atomic E-state index is 14.6.